The molecule has 0 spiro atoms. The lowest BCUT2D eigenvalue weighted by Crippen LogP contribution is -2.00. The van der Waals surface area contributed by atoms with Crippen LogP contribution in [0.2, 0.25) is 0 Å². The van der Waals surface area contributed by atoms with E-state index in [0.29, 0.717) is 17.5 Å². The molecule has 0 aliphatic carbocycles. The van der Waals surface area contributed by atoms with Crippen molar-refractivity contribution in [2.24, 2.45) is 0 Å². The average molecular weight is 615 g/mol. The Bertz CT molecular complexity index is 2290. The minimum atomic E-state index is 0.646. The van der Waals surface area contributed by atoms with Gasteiger partial charge >= 0.3 is 0 Å². The van der Waals surface area contributed by atoms with Crippen LogP contribution in [0, 0.1) is 0 Å². The molecule has 0 saturated heterocycles. The van der Waals surface area contributed by atoms with Gasteiger partial charge in [-0.25, -0.2) is 15.0 Å². The van der Waals surface area contributed by atoms with Crippen molar-refractivity contribution in [3.05, 3.63) is 150 Å². The highest BCUT2D eigenvalue weighted by atomic mass is 79.9. The van der Waals surface area contributed by atoms with Crippen LogP contribution >= 0.6 is 15.9 Å². The molecule has 3 nitrogen and oxygen atoms in total. The van der Waals surface area contributed by atoms with Crippen molar-refractivity contribution in [1.29, 1.82) is 0 Å². The van der Waals surface area contributed by atoms with Crippen LogP contribution in [0.4, 0.5) is 0 Å². The number of rotatable bonds is 4. The predicted molar refractivity (Wildman–Crippen MR) is 182 cm³/mol. The standard InChI is InChI=1S/C39H24BrN3/c40-36-24-30(22-28-12-5-7-15-32(28)36)25-18-20-27(21-19-25)38-41-37(26-10-2-1-3-11-26)42-39(43-38)35-23-29-13-4-6-14-31(29)33-16-8-9-17-34(33)35/h1-24H. The molecule has 43 heavy (non-hydrogen) atoms. The largest absolute Gasteiger partial charge is 0.208 e. The Balaban J connectivity index is 1.29. The van der Waals surface area contributed by atoms with E-state index in [1.807, 2.05) is 30.3 Å². The van der Waals surface area contributed by atoms with E-state index in [9.17, 15) is 0 Å². The molecule has 8 aromatic rings. The predicted octanol–water partition coefficient (Wildman–Crippen LogP) is 10.8. The Morgan fingerprint density at radius 2 is 0.860 bits per heavy atom. The van der Waals surface area contributed by atoms with Gasteiger partial charge in [0, 0.05) is 21.2 Å². The molecule has 0 saturated carbocycles. The van der Waals surface area contributed by atoms with Crippen LogP contribution < -0.4 is 0 Å². The van der Waals surface area contributed by atoms with E-state index in [1.165, 1.54) is 21.5 Å². The van der Waals surface area contributed by atoms with Gasteiger partial charge in [-0.3, -0.25) is 0 Å². The summed E-state index contributed by atoms with van der Waals surface area (Å²) < 4.78 is 1.09. The highest BCUT2D eigenvalue weighted by Crippen LogP contribution is 2.36. The zero-order chi connectivity index (χ0) is 28.8. The van der Waals surface area contributed by atoms with Crippen molar-refractivity contribution in [2.75, 3.05) is 0 Å². The molecule has 7 aromatic carbocycles. The minimum Gasteiger partial charge on any atom is -0.208 e. The Kier molecular flexibility index (Phi) is 6.27. The SMILES string of the molecule is Brc1cc(-c2ccc(-c3nc(-c4ccccc4)nc(-c4cc5ccccc5c5ccccc45)n3)cc2)cc2ccccc12. The van der Waals surface area contributed by atoms with Crippen molar-refractivity contribution in [3.63, 3.8) is 0 Å². The first-order valence-corrected chi connectivity index (χ1v) is 15.0. The number of hydrogen-bond donors (Lipinski definition) is 0. The van der Waals surface area contributed by atoms with Crippen molar-refractivity contribution in [1.82, 2.24) is 15.0 Å². The molecule has 0 radical (unpaired) electrons. The Morgan fingerprint density at radius 1 is 0.349 bits per heavy atom. The third kappa shape index (κ3) is 4.66. The van der Waals surface area contributed by atoms with E-state index in [2.05, 4.69) is 131 Å². The van der Waals surface area contributed by atoms with Crippen LogP contribution in [0.15, 0.2) is 150 Å². The molecule has 0 N–H and O–H groups in total. The molecular weight excluding hydrogens is 590 g/mol. The lowest BCUT2D eigenvalue weighted by molar-refractivity contribution is 1.08. The van der Waals surface area contributed by atoms with Gasteiger partial charge in [-0.05, 0) is 61.6 Å². The summed E-state index contributed by atoms with van der Waals surface area (Å²) in [7, 11) is 0. The summed E-state index contributed by atoms with van der Waals surface area (Å²) in [6, 6.07) is 50.6. The van der Waals surface area contributed by atoms with Crippen molar-refractivity contribution < 1.29 is 0 Å². The van der Waals surface area contributed by atoms with Crippen LogP contribution in [0.5, 0.6) is 0 Å². The van der Waals surface area contributed by atoms with Crippen LogP contribution in [0.25, 0.3) is 77.6 Å². The first kappa shape index (κ1) is 25.5. The van der Waals surface area contributed by atoms with Gasteiger partial charge in [0.25, 0.3) is 0 Å². The summed E-state index contributed by atoms with van der Waals surface area (Å²) in [6.07, 6.45) is 0. The molecular formula is C39H24BrN3. The van der Waals surface area contributed by atoms with E-state index >= 15 is 0 Å². The number of nitrogens with zero attached hydrogens (tertiary/aromatic N) is 3. The number of aromatic nitrogens is 3. The topological polar surface area (TPSA) is 38.7 Å². The first-order chi connectivity index (χ1) is 21.2. The van der Waals surface area contributed by atoms with Crippen LogP contribution in [-0.2, 0) is 0 Å². The number of hydrogen-bond acceptors (Lipinski definition) is 3. The second-order valence-electron chi connectivity index (χ2n) is 10.6. The van der Waals surface area contributed by atoms with E-state index in [-0.39, 0.29) is 0 Å². The van der Waals surface area contributed by atoms with Gasteiger partial charge in [0.05, 0.1) is 0 Å². The van der Waals surface area contributed by atoms with E-state index in [4.69, 9.17) is 15.0 Å². The third-order valence-corrected chi connectivity index (χ3v) is 8.62. The summed E-state index contributed by atoms with van der Waals surface area (Å²) in [5.41, 5.74) is 5.17. The lowest BCUT2D eigenvalue weighted by Gasteiger charge is -2.13. The molecule has 1 aromatic heterocycles. The minimum absolute atomic E-state index is 0.646. The van der Waals surface area contributed by atoms with E-state index in [0.717, 1.165) is 43.1 Å². The van der Waals surface area contributed by atoms with Gasteiger partial charge in [-0.15, -0.1) is 0 Å². The fraction of sp³-hybridized carbons (Fsp3) is 0. The summed E-state index contributed by atoms with van der Waals surface area (Å²) in [6.45, 7) is 0. The van der Waals surface area contributed by atoms with Crippen molar-refractivity contribution in [3.8, 4) is 45.3 Å². The molecule has 1 heterocycles. The highest BCUT2D eigenvalue weighted by molar-refractivity contribution is 9.10. The molecule has 202 valence electrons. The fourth-order valence-corrected chi connectivity index (χ4v) is 6.43. The molecule has 0 atom stereocenters. The van der Waals surface area contributed by atoms with Gasteiger partial charge in [0.2, 0.25) is 0 Å². The molecule has 0 fully saturated rings. The maximum atomic E-state index is 5.08. The quantitative estimate of drug-likeness (QED) is 0.185. The maximum Gasteiger partial charge on any atom is 0.164 e. The van der Waals surface area contributed by atoms with Gasteiger partial charge in [-0.2, -0.15) is 0 Å². The Morgan fingerprint density at radius 3 is 1.58 bits per heavy atom. The average Bonchev–Trinajstić information content (AvgIpc) is 3.08. The number of fused-ring (bicyclic) bond motifs is 4. The Hall–Kier alpha value is -5.19. The molecule has 8 rings (SSSR count). The smallest absolute Gasteiger partial charge is 0.164 e. The zero-order valence-corrected chi connectivity index (χ0v) is 24.7. The van der Waals surface area contributed by atoms with Gasteiger partial charge < -0.3 is 0 Å². The summed E-state index contributed by atoms with van der Waals surface area (Å²) in [5.74, 6) is 1.96. The monoisotopic (exact) mass is 613 g/mol. The Labute approximate surface area is 257 Å². The van der Waals surface area contributed by atoms with Gasteiger partial charge in [0.15, 0.2) is 17.5 Å². The van der Waals surface area contributed by atoms with E-state index < -0.39 is 0 Å². The number of halogens is 1. The molecule has 0 aliphatic rings. The second-order valence-corrected chi connectivity index (χ2v) is 11.5. The molecule has 0 amide bonds. The second kappa shape index (κ2) is 10.6. The number of benzene rings is 7. The lowest BCUT2D eigenvalue weighted by atomic mass is 9.97. The molecule has 0 unspecified atom stereocenters. The van der Waals surface area contributed by atoms with Crippen molar-refractivity contribution >= 4 is 48.2 Å². The van der Waals surface area contributed by atoms with Gasteiger partial charge in [0.1, 0.15) is 0 Å². The normalized spacial score (nSPS) is 11.4. The molecule has 0 bridgehead atoms. The summed E-state index contributed by atoms with van der Waals surface area (Å²) in [5, 5.41) is 7.09. The maximum absolute atomic E-state index is 5.08. The van der Waals surface area contributed by atoms with Crippen LogP contribution in [0.1, 0.15) is 0 Å². The highest BCUT2D eigenvalue weighted by Gasteiger charge is 2.16. The third-order valence-electron chi connectivity index (χ3n) is 7.96. The van der Waals surface area contributed by atoms with Crippen LogP contribution in [0.3, 0.4) is 0 Å². The summed E-state index contributed by atoms with van der Waals surface area (Å²) in [4.78, 5) is 15.1. The first-order valence-electron chi connectivity index (χ1n) is 14.2. The summed E-state index contributed by atoms with van der Waals surface area (Å²) >= 11 is 3.76. The molecule has 0 aliphatic heterocycles. The fourth-order valence-electron chi connectivity index (χ4n) is 5.82. The van der Waals surface area contributed by atoms with Crippen molar-refractivity contribution in [2.45, 2.75) is 0 Å². The van der Waals surface area contributed by atoms with Gasteiger partial charge in [-0.1, -0.05) is 143 Å². The zero-order valence-electron chi connectivity index (χ0n) is 23.1. The molecule has 4 heteroatoms. The van der Waals surface area contributed by atoms with E-state index in [1.54, 1.807) is 0 Å². The van der Waals surface area contributed by atoms with Crippen LogP contribution in [-0.4, -0.2) is 15.0 Å².